The minimum Gasteiger partial charge on any atom is -0.298 e. The van der Waals surface area contributed by atoms with Gasteiger partial charge in [0.2, 0.25) is 0 Å². The molecule has 8 nitrogen and oxygen atoms in total. The molecule has 4 aromatic rings. The van der Waals surface area contributed by atoms with Gasteiger partial charge in [-0.25, -0.2) is 0 Å². The van der Waals surface area contributed by atoms with Crippen LogP contribution in [-0.4, -0.2) is 22.0 Å². The van der Waals surface area contributed by atoms with Gasteiger partial charge in [0.1, 0.15) is 0 Å². The number of non-ortho nitro benzene ring substituents is 1. The molecule has 0 saturated carbocycles. The first-order chi connectivity index (χ1) is 15.5. The van der Waals surface area contributed by atoms with Crippen molar-refractivity contribution in [3.63, 3.8) is 0 Å². The van der Waals surface area contributed by atoms with Crippen LogP contribution in [0.15, 0.2) is 84.0 Å². The second-order valence-corrected chi connectivity index (χ2v) is 7.16. The van der Waals surface area contributed by atoms with Gasteiger partial charge in [0.25, 0.3) is 11.6 Å². The monoisotopic (exact) mass is 445 g/mol. The molecule has 0 aliphatic carbocycles. The smallest absolute Gasteiger partial charge is 0.271 e. The van der Waals surface area contributed by atoms with E-state index in [9.17, 15) is 14.9 Å². The fourth-order valence-electron chi connectivity index (χ4n) is 3.03. The molecule has 32 heavy (non-hydrogen) atoms. The maximum atomic E-state index is 12.8. The molecule has 9 heteroatoms. The molecule has 0 unspecified atom stereocenters. The average molecular weight is 446 g/mol. The highest BCUT2D eigenvalue weighted by atomic mass is 35.5. The SMILES string of the molecule is O=C(NNc1ccnc2cc(Cl)ccc12)c1ccccc1N=Cc1ccc([N+](=O)[O-])cc1. The van der Waals surface area contributed by atoms with E-state index in [1.165, 1.54) is 12.1 Å². The molecule has 158 valence electrons. The van der Waals surface area contributed by atoms with Gasteiger partial charge >= 0.3 is 0 Å². The number of carbonyl (C=O) groups excluding carboxylic acids is 1. The zero-order chi connectivity index (χ0) is 22.5. The zero-order valence-electron chi connectivity index (χ0n) is 16.5. The van der Waals surface area contributed by atoms with E-state index in [0.29, 0.717) is 33.0 Å². The Morgan fingerprint density at radius 2 is 1.84 bits per heavy atom. The van der Waals surface area contributed by atoms with Crippen molar-refractivity contribution in [2.45, 2.75) is 0 Å². The lowest BCUT2D eigenvalue weighted by molar-refractivity contribution is -0.384. The quantitative estimate of drug-likeness (QED) is 0.237. The predicted octanol–water partition coefficient (Wildman–Crippen LogP) is 5.30. The first-order valence-electron chi connectivity index (χ1n) is 9.49. The van der Waals surface area contributed by atoms with E-state index in [1.54, 1.807) is 67.0 Å². The molecular formula is C23H16ClN5O3. The molecule has 0 aliphatic rings. The number of para-hydroxylation sites is 1. The third kappa shape index (κ3) is 4.71. The van der Waals surface area contributed by atoms with Crippen LogP contribution in [0.3, 0.4) is 0 Å². The number of hydrogen-bond donors (Lipinski definition) is 2. The molecule has 0 aliphatic heterocycles. The summed E-state index contributed by atoms with van der Waals surface area (Å²) in [5.41, 5.74) is 8.47. The molecule has 0 spiro atoms. The van der Waals surface area contributed by atoms with Crippen molar-refractivity contribution in [2.75, 3.05) is 5.43 Å². The second-order valence-electron chi connectivity index (χ2n) is 6.72. The van der Waals surface area contributed by atoms with Crippen LogP contribution in [0.5, 0.6) is 0 Å². The number of rotatable bonds is 6. The van der Waals surface area contributed by atoms with Gasteiger partial charge in [-0.3, -0.25) is 35.7 Å². The summed E-state index contributed by atoms with van der Waals surface area (Å²) in [7, 11) is 0. The summed E-state index contributed by atoms with van der Waals surface area (Å²) in [6.07, 6.45) is 3.17. The largest absolute Gasteiger partial charge is 0.298 e. The van der Waals surface area contributed by atoms with Gasteiger partial charge in [0, 0.05) is 35.0 Å². The van der Waals surface area contributed by atoms with Gasteiger partial charge in [-0.05, 0) is 54.1 Å². The summed E-state index contributed by atoms with van der Waals surface area (Å²) in [5, 5.41) is 12.2. The number of carbonyl (C=O) groups is 1. The summed E-state index contributed by atoms with van der Waals surface area (Å²) in [4.78, 5) is 31.8. The number of anilines is 1. The Morgan fingerprint density at radius 1 is 1.06 bits per heavy atom. The van der Waals surface area contributed by atoms with Gasteiger partial charge in [-0.2, -0.15) is 0 Å². The highest BCUT2D eigenvalue weighted by molar-refractivity contribution is 6.31. The Kier molecular flexibility index (Phi) is 6.05. The molecule has 0 fully saturated rings. The van der Waals surface area contributed by atoms with E-state index in [1.807, 2.05) is 6.07 Å². The fraction of sp³-hybridized carbons (Fsp3) is 0. The van der Waals surface area contributed by atoms with Gasteiger partial charge in [0.15, 0.2) is 0 Å². The lowest BCUT2D eigenvalue weighted by atomic mass is 10.1. The van der Waals surface area contributed by atoms with Crippen molar-refractivity contribution in [3.05, 3.63) is 105 Å². The van der Waals surface area contributed by atoms with Gasteiger partial charge in [-0.15, -0.1) is 0 Å². The summed E-state index contributed by atoms with van der Waals surface area (Å²) < 4.78 is 0. The van der Waals surface area contributed by atoms with Crippen LogP contribution < -0.4 is 10.9 Å². The number of aliphatic imine (C=N–C) groups is 1. The first-order valence-corrected chi connectivity index (χ1v) is 9.87. The van der Waals surface area contributed by atoms with Crippen LogP contribution >= 0.6 is 11.6 Å². The number of fused-ring (bicyclic) bond motifs is 1. The van der Waals surface area contributed by atoms with E-state index in [0.717, 1.165) is 5.39 Å². The number of hydrazine groups is 1. The normalized spacial score (nSPS) is 10.9. The van der Waals surface area contributed by atoms with Crippen molar-refractivity contribution in [3.8, 4) is 0 Å². The Morgan fingerprint density at radius 3 is 2.62 bits per heavy atom. The number of pyridine rings is 1. The van der Waals surface area contributed by atoms with Crippen LogP contribution in [0, 0.1) is 10.1 Å². The number of hydrogen-bond acceptors (Lipinski definition) is 6. The Hall–Kier alpha value is -4.30. The Balaban J connectivity index is 1.51. The third-order valence-corrected chi connectivity index (χ3v) is 4.86. The maximum Gasteiger partial charge on any atom is 0.271 e. The first kappa shape index (κ1) is 21.0. The van der Waals surface area contributed by atoms with Crippen LogP contribution in [-0.2, 0) is 0 Å². The van der Waals surface area contributed by atoms with Gasteiger partial charge in [-0.1, -0.05) is 23.7 Å². The van der Waals surface area contributed by atoms with Gasteiger partial charge < -0.3 is 0 Å². The fourth-order valence-corrected chi connectivity index (χ4v) is 3.19. The van der Waals surface area contributed by atoms with Crippen LogP contribution in [0.4, 0.5) is 17.1 Å². The topological polar surface area (TPSA) is 110 Å². The number of nitrogens with zero attached hydrogens (tertiary/aromatic N) is 3. The number of nitro groups is 1. The predicted molar refractivity (Wildman–Crippen MR) is 125 cm³/mol. The highest BCUT2D eigenvalue weighted by Gasteiger charge is 2.11. The number of benzene rings is 3. The van der Waals surface area contributed by atoms with Crippen LogP contribution in [0.2, 0.25) is 5.02 Å². The minimum absolute atomic E-state index is 0.00101. The molecule has 2 N–H and O–H groups in total. The van der Waals surface area contributed by atoms with Crippen molar-refractivity contribution < 1.29 is 9.72 Å². The number of aromatic nitrogens is 1. The second kappa shape index (κ2) is 9.23. The summed E-state index contributed by atoms with van der Waals surface area (Å²) >= 11 is 6.02. The molecule has 1 heterocycles. The molecule has 0 saturated heterocycles. The molecule has 0 bridgehead atoms. The van der Waals surface area contributed by atoms with E-state index in [4.69, 9.17) is 11.6 Å². The van der Waals surface area contributed by atoms with E-state index >= 15 is 0 Å². The van der Waals surface area contributed by atoms with Crippen molar-refractivity contribution in [1.82, 2.24) is 10.4 Å². The standard InChI is InChI=1S/C23H16ClN5O3/c24-16-7-10-18-21(11-12-25-22(18)13-16)27-28-23(30)19-3-1-2-4-20(19)26-14-15-5-8-17(9-6-15)29(31)32/h1-14H,(H,25,27)(H,28,30). The Labute approximate surface area is 187 Å². The number of amides is 1. The number of nitro benzene ring substituents is 1. The summed E-state index contributed by atoms with van der Waals surface area (Å²) in [6.45, 7) is 0. The van der Waals surface area contributed by atoms with E-state index in [-0.39, 0.29) is 11.6 Å². The summed E-state index contributed by atoms with van der Waals surface area (Å²) in [6, 6.07) is 19.9. The van der Waals surface area contributed by atoms with Crippen LogP contribution in [0.25, 0.3) is 10.9 Å². The lowest BCUT2D eigenvalue weighted by Gasteiger charge is -2.12. The number of halogens is 1. The highest BCUT2D eigenvalue weighted by Crippen LogP contribution is 2.24. The van der Waals surface area contributed by atoms with Crippen LogP contribution in [0.1, 0.15) is 15.9 Å². The molecule has 3 aromatic carbocycles. The molecule has 0 radical (unpaired) electrons. The molecular weight excluding hydrogens is 430 g/mol. The number of nitrogens with one attached hydrogen (secondary N) is 2. The van der Waals surface area contributed by atoms with E-state index < -0.39 is 4.92 Å². The maximum absolute atomic E-state index is 12.8. The molecule has 1 aromatic heterocycles. The van der Waals surface area contributed by atoms with Gasteiger partial charge in [0.05, 0.1) is 27.4 Å². The third-order valence-electron chi connectivity index (χ3n) is 4.62. The molecule has 4 rings (SSSR count). The summed E-state index contributed by atoms with van der Waals surface area (Å²) in [5.74, 6) is -0.375. The van der Waals surface area contributed by atoms with Crippen molar-refractivity contribution >= 4 is 51.7 Å². The zero-order valence-corrected chi connectivity index (χ0v) is 17.3. The average Bonchev–Trinajstić information content (AvgIpc) is 2.81. The molecule has 1 amide bonds. The Bertz CT molecular complexity index is 1340. The molecule has 0 atom stereocenters. The van der Waals surface area contributed by atoms with Crippen molar-refractivity contribution in [1.29, 1.82) is 0 Å². The minimum atomic E-state index is -0.464. The lowest BCUT2D eigenvalue weighted by Crippen LogP contribution is -2.29. The van der Waals surface area contributed by atoms with E-state index in [2.05, 4.69) is 20.8 Å². The van der Waals surface area contributed by atoms with Crippen molar-refractivity contribution in [2.24, 2.45) is 4.99 Å².